The van der Waals surface area contributed by atoms with Crippen molar-refractivity contribution in [1.82, 2.24) is 0 Å². The number of benzene rings is 1. The Labute approximate surface area is 72.3 Å². The Balaban J connectivity index is 2.80. The minimum absolute atomic E-state index is 0.481. The number of nitrogens with two attached hydrogens (primary N) is 1. The molecule has 0 aromatic heterocycles. The van der Waals surface area contributed by atoms with Crippen molar-refractivity contribution >= 4 is 5.69 Å². The molecule has 2 nitrogen and oxygen atoms in total. The third-order valence-corrected chi connectivity index (χ3v) is 1.69. The van der Waals surface area contributed by atoms with E-state index < -0.39 is 6.10 Å². The average Bonchev–Trinajstić information content (AvgIpc) is 2.05. The highest BCUT2D eigenvalue weighted by atomic mass is 16.3. The molecule has 64 valence electrons. The molecule has 0 bridgehead atoms. The Morgan fingerprint density at radius 3 is 2.92 bits per heavy atom. The summed E-state index contributed by atoms with van der Waals surface area (Å²) in [5.41, 5.74) is 7.07. The summed E-state index contributed by atoms with van der Waals surface area (Å²) < 4.78 is 0. The van der Waals surface area contributed by atoms with Crippen molar-refractivity contribution in [1.29, 1.82) is 0 Å². The van der Waals surface area contributed by atoms with Crippen molar-refractivity contribution in [2.24, 2.45) is 0 Å². The van der Waals surface area contributed by atoms with Crippen molar-refractivity contribution in [3.8, 4) is 0 Å². The van der Waals surface area contributed by atoms with Gasteiger partial charge in [0.05, 0.1) is 6.10 Å². The summed E-state index contributed by atoms with van der Waals surface area (Å²) in [5.74, 6) is 0. The molecular formula is C10H13NO. The molecule has 0 fully saturated rings. The van der Waals surface area contributed by atoms with E-state index in [1.54, 1.807) is 18.2 Å². The van der Waals surface area contributed by atoms with E-state index in [0.29, 0.717) is 12.1 Å². The first-order valence-corrected chi connectivity index (χ1v) is 3.88. The first kappa shape index (κ1) is 8.81. The van der Waals surface area contributed by atoms with Crippen LogP contribution in [-0.2, 0) is 0 Å². The van der Waals surface area contributed by atoms with Gasteiger partial charge in [-0.25, -0.2) is 0 Å². The van der Waals surface area contributed by atoms with Crippen molar-refractivity contribution in [2.45, 2.75) is 12.5 Å². The van der Waals surface area contributed by atoms with Crippen LogP contribution in [0.2, 0.25) is 0 Å². The molecule has 0 amide bonds. The van der Waals surface area contributed by atoms with Gasteiger partial charge in [0, 0.05) is 5.69 Å². The number of rotatable bonds is 3. The van der Waals surface area contributed by atoms with Gasteiger partial charge < -0.3 is 10.8 Å². The summed E-state index contributed by atoms with van der Waals surface area (Å²) in [6.07, 6.45) is 1.77. The van der Waals surface area contributed by atoms with E-state index in [1.807, 2.05) is 12.1 Å². The molecule has 1 unspecified atom stereocenters. The zero-order valence-corrected chi connectivity index (χ0v) is 6.90. The van der Waals surface area contributed by atoms with Gasteiger partial charge in [-0.05, 0) is 24.1 Å². The summed E-state index contributed by atoms with van der Waals surface area (Å²) in [4.78, 5) is 0. The van der Waals surface area contributed by atoms with Crippen LogP contribution >= 0.6 is 0 Å². The minimum Gasteiger partial charge on any atom is -0.399 e. The molecule has 1 atom stereocenters. The summed E-state index contributed by atoms with van der Waals surface area (Å²) in [5, 5.41) is 9.52. The van der Waals surface area contributed by atoms with E-state index in [-0.39, 0.29) is 0 Å². The number of hydrogen-bond acceptors (Lipinski definition) is 2. The van der Waals surface area contributed by atoms with Gasteiger partial charge in [0.2, 0.25) is 0 Å². The first-order chi connectivity index (χ1) is 5.74. The topological polar surface area (TPSA) is 46.2 Å². The van der Waals surface area contributed by atoms with E-state index in [9.17, 15) is 5.11 Å². The van der Waals surface area contributed by atoms with Gasteiger partial charge in [-0.1, -0.05) is 18.2 Å². The van der Waals surface area contributed by atoms with Gasteiger partial charge in [0.15, 0.2) is 0 Å². The number of aliphatic hydroxyl groups is 1. The normalized spacial score (nSPS) is 12.4. The second kappa shape index (κ2) is 3.93. The molecule has 0 aliphatic carbocycles. The largest absolute Gasteiger partial charge is 0.399 e. The van der Waals surface area contributed by atoms with Crippen LogP contribution in [0.25, 0.3) is 0 Å². The number of nitrogen functional groups attached to an aromatic ring is 1. The average molecular weight is 163 g/mol. The fraction of sp³-hybridized carbons (Fsp3) is 0.200. The second-order valence-electron chi connectivity index (χ2n) is 2.71. The van der Waals surface area contributed by atoms with Crippen molar-refractivity contribution < 1.29 is 5.11 Å². The summed E-state index contributed by atoms with van der Waals surface area (Å²) in [6, 6.07) is 7.25. The fourth-order valence-electron chi connectivity index (χ4n) is 1.06. The van der Waals surface area contributed by atoms with E-state index in [2.05, 4.69) is 6.58 Å². The maximum atomic E-state index is 9.52. The summed E-state index contributed by atoms with van der Waals surface area (Å²) in [7, 11) is 0. The highest BCUT2D eigenvalue weighted by Crippen LogP contribution is 2.18. The fourth-order valence-corrected chi connectivity index (χ4v) is 1.06. The van der Waals surface area contributed by atoms with Crippen LogP contribution in [-0.4, -0.2) is 5.11 Å². The lowest BCUT2D eigenvalue weighted by molar-refractivity contribution is 0.181. The molecule has 0 saturated heterocycles. The highest BCUT2D eigenvalue weighted by Gasteiger charge is 2.03. The molecule has 1 aromatic carbocycles. The summed E-state index contributed by atoms with van der Waals surface area (Å²) >= 11 is 0. The lowest BCUT2D eigenvalue weighted by Crippen LogP contribution is -1.96. The van der Waals surface area contributed by atoms with Gasteiger partial charge in [-0.2, -0.15) is 0 Å². The predicted molar refractivity (Wildman–Crippen MR) is 50.6 cm³/mol. The Morgan fingerprint density at radius 2 is 2.33 bits per heavy atom. The van der Waals surface area contributed by atoms with Crippen LogP contribution in [0.15, 0.2) is 36.9 Å². The molecule has 3 N–H and O–H groups in total. The molecule has 0 spiro atoms. The van der Waals surface area contributed by atoms with E-state index in [4.69, 9.17) is 5.73 Å². The molecule has 0 heterocycles. The monoisotopic (exact) mass is 163 g/mol. The molecular weight excluding hydrogens is 150 g/mol. The summed E-state index contributed by atoms with van der Waals surface area (Å²) in [6.45, 7) is 3.56. The number of aliphatic hydroxyl groups excluding tert-OH is 1. The number of hydrogen-bond donors (Lipinski definition) is 2. The maximum absolute atomic E-state index is 9.52. The highest BCUT2D eigenvalue weighted by molar-refractivity contribution is 5.41. The zero-order chi connectivity index (χ0) is 8.97. The lowest BCUT2D eigenvalue weighted by atomic mass is 10.1. The molecule has 1 rings (SSSR count). The predicted octanol–water partition coefficient (Wildman–Crippen LogP) is 1.88. The van der Waals surface area contributed by atoms with Gasteiger partial charge in [0.25, 0.3) is 0 Å². The maximum Gasteiger partial charge on any atom is 0.0825 e. The molecule has 0 radical (unpaired) electrons. The first-order valence-electron chi connectivity index (χ1n) is 3.88. The van der Waals surface area contributed by atoms with Gasteiger partial charge in [0.1, 0.15) is 0 Å². The Morgan fingerprint density at radius 1 is 1.58 bits per heavy atom. The smallest absolute Gasteiger partial charge is 0.0825 e. The van der Waals surface area contributed by atoms with Gasteiger partial charge in [-0.3, -0.25) is 0 Å². The lowest BCUT2D eigenvalue weighted by Gasteiger charge is -2.08. The van der Waals surface area contributed by atoms with Crippen LogP contribution < -0.4 is 5.73 Å². The standard InChI is InChI=1S/C10H13NO/c1-2-4-10(12)8-5-3-6-9(11)7-8/h2-3,5-7,10,12H,1,4,11H2. The van der Waals surface area contributed by atoms with Crippen molar-refractivity contribution in [3.05, 3.63) is 42.5 Å². The second-order valence-corrected chi connectivity index (χ2v) is 2.71. The van der Waals surface area contributed by atoms with E-state index in [1.165, 1.54) is 0 Å². The van der Waals surface area contributed by atoms with Crippen molar-refractivity contribution in [2.75, 3.05) is 5.73 Å². The van der Waals surface area contributed by atoms with Crippen LogP contribution in [0, 0.1) is 0 Å². The third-order valence-electron chi connectivity index (χ3n) is 1.69. The van der Waals surface area contributed by atoms with Gasteiger partial charge in [-0.15, -0.1) is 6.58 Å². The Hall–Kier alpha value is -1.28. The molecule has 0 aliphatic heterocycles. The third kappa shape index (κ3) is 2.10. The molecule has 0 aliphatic rings. The minimum atomic E-state index is -0.481. The molecule has 0 saturated carbocycles. The molecule has 12 heavy (non-hydrogen) atoms. The van der Waals surface area contributed by atoms with Gasteiger partial charge >= 0.3 is 0 Å². The molecule has 1 aromatic rings. The Bertz CT molecular complexity index is 270. The quantitative estimate of drug-likeness (QED) is 0.528. The van der Waals surface area contributed by atoms with Crippen LogP contribution in [0.5, 0.6) is 0 Å². The SMILES string of the molecule is C=CCC(O)c1cccc(N)c1. The number of anilines is 1. The van der Waals surface area contributed by atoms with E-state index >= 15 is 0 Å². The van der Waals surface area contributed by atoms with Crippen LogP contribution in [0.1, 0.15) is 18.1 Å². The van der Waals surface area contributed by atoms with Crippen LogP contribution in [0.4, 0.5) is 5.69 Å². The molecule has 2 heteroatoms. The Kier molecular flexibility index (Phi) is 2.88. The zero-order valence-electron chi connectivity index (χ0n) is 6.90. The van der Waals surface area contributed by atoms with Crippen LogP contribution in [0.3, 0.4) is 0 Å². The van der Waals surface area contributed by atoms with Crippen molar-refractivity contribution in [3.63, 3.8) is 0 Å². The van der Waals surface area contributed by atoms with E-state index in [0.717, 1.165) is 5.56 Å².